The largest absolute Gasteiger partial charge is 0.382 e. The topological polar surface area (TPSA) is 123 Å². The van der Waals surface area contributed by atoms with Crippen molar-refractivity contribution in [3.05, 3.63) is 83.2 Å². The predicted octanol–water partition coefficient (Wildman–Crippen LogP) is 3.48. The fraction of sp³-hybridized carbons (Fsp3) is 0.160. The van der Waals surface area contributed by atoms with Gasteiger partial charge in [0.25, 0.3) is 5.91 Å². The molecule has 0 unspecified atom stereocenters. The van der Waals surface area contributed by atoms with Crippen LogP contribution in [0.15, 0.2) is 54.9 Å². The van der Waals surface area contributed by atoms with Gasteiger partial charge in [-0.3, -0.25) is 9.78 Å². The van der Waals surface area contributed by atoms with Crippen LogP contribution in [0.4, 0.5) is 5.82 Å². The molecule has 35 heavy (non-hydrogen) atoms. The second kappa shape index (κ2) is 9.45. The van der Waals surface area contributed by atoms with Crippen molar-refractivity contribution in [3.8, 4) is 11.3 Å². The average Bonchev–Trinajstić information content (AvgIpc) is 3.29. The number of fused-ring (bicyclic) bond motifs is 1. The fourth-order valence-electron chi connectivity index (χ4n) is 3.76. The molecule has 0 bridgehead atoms. The summed E-state index contributed by atoms with van der Waals surface area (Å²) in [5.74, 6) is -0.319. The van der Waals surface area contributed by atoms with Gasteiger partial charge in [0.2, 0.25) is 0 Å². The lowest BCUT2D eigenvalue weighted by molar-refractivity contribution is 0.0946. The number of rotatable bonds is 5. The molecule has 1 amide bonds. The van der Waals surface area contributed by atoms with Gasteiger partial charge in [-0.05, 0) is 49.8 Å². The summed E-state index contributed by atoms with van der Waals surface area (Å²) in [6.07, 6.45) is 5.83. The number of benzene rings is 1. The third kappa shape index (κ3) is 4.74. The van der Waals surface area contributed by atoms with Gasteiger partial charge in [0, 0.05) is 51.4 Å². The Morgan fingerprint density at radius 1 is 1.11 bits per heavy atom. The van der Waals surface area contributed by atoms with Gasteiger partial charge in [0.1, 0.15) is 5.69 Å². The van der Waals surface area contributed by atoms with Crippen molar-refractivity contribution in [2.75, 3.05) is 12.8 Å². The van der Waals surface area contributed by atoms with Crippen LogP contribution in [0.2, 0.25) is 0 Å². The molecule has 176 valence electrons. The first-order valence-electron chi connectivity index (χ1n) is 10.9. The summed E-state index contributed by atoms with van der Waals surface area (Å²) >= 11 is -0.439. The minimum absolute atomic E-state index is 0.0851. The number of allylic oxidation sites excluding steroid dienone is 1. The summed E-state index contributed by atoms with van der Waals surface area (Å²) < 4.78 is 3.25. The number of nitrogens with two attached hydrogens (primary N) is 1. The molecule has 0 atom stereocenters. The first-order valence-corrected chi connectivity index (χ1v) is 13.0. The average molecular weight is 578 g/mol. The maximum absolute atomic E-state index is 13.1. The van der Waals surface area contributed by atoms with Crippen molar-refractivity contribution in [3.63, 3.8) is 0 Å². The Bertz CT molecular complexity index is 1530. The zero-order chi connectivity index (χ0) is 24.5. The van der Waals surface area contributed by atoms with Crippen LogP contribution < -0.4 is 11.1 Å². The molecule has 0 saturated carbocycles. The summed E-state index contributed by atoms with van der Waals surface area (Å²) in [6, 6.07) is 11.7. The van der Waals surface area contributed by atoms with Gasteiger partial charge in [0.15, 0.2) is 11.5 Å². The smallest absolute Gasteiger partial charge is 0.274 e. The van der Waals surface area contributed by atoms with E-state index in [1.54, 1.807) is 6.20 Å². The number of aromatic nitrogens is 5. The highest BCUT2D eigenvalue weighted by molar-refractivity contribution is 14.2. The van der Waals surface area contributed by atoms with Crippen LogP contribution in [-0.4, -0.2) is 44.7 Å². The first kappa shape index (κ1) is 23.0. The summed E-state index contributed by atoms with van der Waals surface area (Å²) in [5.41, 5.74) is 11.9. The Morgan fingerprint density at radius 3 is 2.74 bits per heavy atom. The van der Waals surface area contributed by atoms with Crippen LogP contribution in [0.1, 0.15) is 33.1 Å². The van der Waals surface area contributed by atoms with Gasteiger partial charge in [-0.15, -0.1) is 0 Å². The summed E-state index contributed by atoms with van der Waals surface area (Å²) in [4.78, 5) is 27.0. The van der Waals surface area contributed by atoms with Crippen molar-refractivity contribution < 1.29 is 4.79 Å². The number of nitrogen functional groups attached to an aromatic ring is 1. The SMILES string of the molecule is Cc1cc(C)c(CNC(=O)c2nc(-c3ccc4ncccc4c3)c(C3=IN(C)C=C3)nc2N)nn1. The van der Waals surface area contributed by atoms with E-state index in [-0.39, 0.29) is 18.1 Å². The molecule has 3 aromatic heterocycles. The molecule has 0 fully saturated rings. The van der Waals surface area contributed by atoms with Gasteiger partial charge in [-0.1, -0.05) is 12.1 Å². The van der Waals surface area contributed by atoms with E-state index in [0.29, 0.717) is 17.1 Å². The van der Waals surface area contributed by atoms with Gasteiger partial charge in [-0.2, -0.15) is 10.2 Å². The molecule has 4 heterocycles. The third-order valence-corrected chi connectivity index (χ3v) is 7.99. The molecule has 3 N–H and O–H groups in total. The maximum atomic E-state index is 13.1. The van der Waals surface area contributed by atoms with Crippen molar-refractivity contribution in [1.82, 2.24) is 33.6 Å². The number of pyridine rings is 1. The van der Waals surface area contributed by atoms with Crippen LogP contribution in [0.25, 0.3) is 22.2 Å². The molecule has 0 spiro atoms. The molecular formula is C25H23IN8O. The number of carbonyl (C=O) groups is 1. The van der Waals surface area contributed by atoms with Crippen molar-refractivity contribution in [2.45, 2.75) is 20.4 Å². The quantitative estimate of drug-likeness (QED) is 0.273. The zero-order valence-corrected chi connectivity index (χ0v) is 21.6. The number of anilines is 1. The Morgan fingerprint density at radius 2 is 1.97 bits per heavy atom. The van der Waals surface area contributed by atoms with Crippen LogP contribution in [-0.2, 0) is 6.54 Å². The number of hydrogen-bond acceptors (Lipinski definition) is 8. The lowest BCUT2D eigenvalue weighted by Crippen LogP contribution is -2.27. The first-order chi connectivity index (χ1) is 16.9. The normalized spacial score (nSPS) is 13.0. The van der Waals surface area contributed by atoms with Gasteiger partial charge in [-0.25, -0.2) is 9.97 Å². The number of carbonyl (C=O) groups excluding carboxylic acids is 1. The Hall–Kier alpha value is -3.80. The second-order valence-corrected chi connectivity index (χ2v) is 11.3. The number of aryl methyl sites for hydroxylation is 2. The predicted molar refractivity (Wildman–Crippen MR) is 145 cm³/mol. The summed E-state index contributed by atoms with van der Waals surface area (Å²) in [7, 11) is 2.03. The molecule has 4 aromatic rings. The van der Waals surface area contributed by atoms with E-state index in [4.69, 9.17) is 10.7 Å². The molecule has 10 heteroatoms. The summed E-state index contributed by atoms with van der Waals surface area (Å²) in [6.45, 7) is 4.03. The van der Waals surface area contributed by atoms with Crippen LogP contribution >= 0.6 is 21.0 Å². The van der Waals surface area contributed by atoms with E-state index >= 15 is 0 Å². The molecule has 0 aliphatic carbocycles. The molecule has 9 nitrogen and oxygen atoms in total. The highest BCUT2D eigenvalue weighted by Gasteiger charge is 2.22. The van der Waals surface area contributed by atoms with Crippen LogP contribution in [0.3, 0.4) is 0 Å². The fourth-order valence-corrected chi connectivity index (χ4v) is 5.83. The number of amides is 1. The Labute approximate surface area is 212 Å². The molecular weight excluding hydrogens is 555 g/mol. The highest BCUT2D eigenvalue weighted by Crippen LogP contribution is 2.30. The van der Waals surface area contributed by atoms with Crippen molar-refractivity contribution >= 4 is 47.1 Å². The van der Waals surface area contributed by atoms with E-state index in [2.05, 4.69) is 28.6 Å². The number of nitrogens with zero attached hydrogens (tertiary/aromatic N) is 6. The van der Waals surface area contributed by atoms with Crippen LogP contribution in [0, 0.1) is 13.8 Å². The Balaban J connectivity index is 1.55. The van der Waals surface area contributed by atoms with E-state index in [1.165, 1.54) is 0 Å². The number of nitrogens with one attached hydrogen (secondary N) is 1. The lowest BCUT2D eigenvalue weighted by Gasteiger charge is -2.13. The Kier molecular flexibility index (Phi) is 6.20. The van der Waals surface area contributed by atoms with E-state index in [1.807, 2.05) is 69.6 Å². The number of hydrogen-bond donors (Lipinski definition) is 2. The minimum atomic E-state index is -0.439. The lowest BCUT2D eigenvalue weighted by atomic mass is 10.0. The zero-order valence-electron chi connectivity index (χ0n) is 19.5. The van der Waals surface area contributed by atoms with Gasteiger partial charge >= 0.3 is 0 Å². The monoisotopic (exact) mass is 578 g/mol. The van der Waals surface area contributed by atoms with E-state index in [9.17, 15) is 4.79 Å². The molecule has 0 saturated heterocycles. The maximum Gasteiger partial charge on any atom is 0.274 e. The van der Waals surface area contributed by atoms with Gasteiger partial charge < -0.3 is 14.2 Å². The van der Waals surface area contributed by atoms with E-state index < -0.39 is 26.9 Å². The standard InChI is InChI=1S/C25H23IN8O/c1-14-11-15(2)32-33-20(14)13-29-25(35)23-24(27)31-22(18-8-10-34(3)26-18)21(30-23)17-6-7-19-16(12-17)5-4-9-28-19/h4-12H,13H2,1-3H3,(H2,27,31)(H,29,35). The van der Waals surface area contributed by atoms with Crippen molar-refractivity contribution in [2.24, 2.45) is 0 Å². The molecule has 1 aliphatic rings. The molecule has 0 radical (unpaired) electrons. The molecule has 1 aliphatic heterocycles. The van der Waals surface area contributed by atoms with Crippen LogP contribution in [0.5, 0.6) is 0 Å². The summed E-state index contributed by atoms with van der Waals surface area (Å²) in [5, 5.41) is 12.1. The van der Waals surface area contributed by atoms with E-state index in [0.717, 1.165) is 31.2 Å². The minimum Gasteiger partial charge on any atom is -0.382 e. The van der Waals surface area contributed by atoms with Crippen molar-refractivity contribution in [1.29, 1.82) is 0 Å². The number of halogens is 1. The third-order valence-electron chi connectivity index (χ3n) is 5.52. The highest BCUT2D eigenvalue weighted by atomic mass is 127. The molecule has 1 aromatic carbocycles. The molecule has 5 rings (SSSR count). The second-order valence-electron chi connectivity index (χ2n) is 8.14. The van der Waals surface area contributed by atoms with Gasteiger partial charge in [0.05, 0.1) is 32.7 Å².